The smallest absolute Gasteiger partial charge is 0.337 e. The summed E-state index contributed by atoms with van der Waals surface area (Å²) in [5, 5.41) is 10.7. The van der Waals surface area contributed by atoms with Gasteiger partial charge in [0.15, 0.2) is 0 Å². The van der Waals surface area contributed by atoms with Crippen molar-refractivity contribution in [1.29, 1.82) is 0 Å². The molecule has 0 aliphatic rings. The number of aryl methyl sites for hydroxylation is 1. The zero-order valence-corrected chi connectivity index (χ0v) is 9.25. The maximum absolute atomic E-state index is 12.6. The fourth-order valence-corrected chi connectivity index (χ4v) is 1.17. The topological polar surface area (TPSA) is 62.2 Å². The molecule has 0 atom stereocenters. The number of carbonyl (C=O) groups is 1. The number of aromatic carboxylic acids is 1. The van der Waals surface area contributed by atoms with Gasteiger partial charge < -0.3 is 10.4 Å². The second-order valence-corrected chi connectivity index (χ2v) is 3.55. The first-order valence-corrected chi connectivity index (χ1v) is 4.85. The van der Waals surface area contributed by atoms with E-state index >= 15 is 0 Å². The average molecular weight is 266 g/mol. The van der Waals surface area contributed by atoms with Gasteiger partial charge in [-0.3, -0.25) is 0 Å². The third-order valence-corrected chi connectivity index (χ3v) is 2.14. The Morgan fingerprint density at radius 1 is 1.50 bits per heavy atom. The third-order valence-electron chi connectivity index (χ3n) is 2.14. The van der Waals surface area contributed by atoms with Gasteiger partial charge in [0.25, 0.3) is 0 Å². The number of halogens is 4. The third kappa shape index (κ3) is 3.31. The van der Waals surface area contributed by atoms with Crippen LogP contribution in [-0.2, 0) is 0 Å². The zero-order chi connectivity index (χ0) is 13.9. The fourth-order valence-electron chi connectivity index (χ4n) is 1.17. The molecule has 0 radical (unpaired) electrons. The van der Waals surface area contributed by atoms with Crippen LogP contribution in [0.15, 0.2) is 12.1 Å². The van der Waals surface area contributed by atoms with Crippen molar-refractivity contribution in [3.8, 4) is 0 Å². The molecule has 0 fully saturated rings. The summed E-state index contributed by atoms with van der Waals surface area (Å²) < 4.78 is 49.0. The van der Waals surface area contributed by atoms with E-state index in [1.165, 1.54) is 6.92 Å². The Hall–Kier alpha value is -1.86. The highest BCUT2D eigenvalue weighted by atomic mass is 19.3. The number of pyridine rings is 1. The number of anilines is 1. The molecule has 0 aromatic carbocycles. The van der Waals surface area contributed by atoms with Crippen molar-refractivity contribution in [3.63, 3.8) is 0 Å². The predicted molar refractivity (Wildman–Crippen MR) is 55.4 cm³/mol. The highest BCUT2D eigenvalue weighted by Crippen LogP contribution is 2.23. The number of hydrogen-bond acceptors (Lipinski definition) is 3. The van der Waals surface area contributed by atoms with Gasteiger partial charge in [-0.25, -0.2) is 18.6 Å². The van der Waals surface area contributed by atoms with Crippen LogP contribution in [0, 0.1) is 6.92 Å². The standard InChI is InChI=1S/C10H10F4N2O2/c1-5-6(8(17)18)2-3-7(16-5)15-4-10(13,14)9(11)12/h2-3,9H,4H2,1H3,(H,15,16)(H,17,18). The van der Waals surface area contributed by atoms with E-state index in [9.17, 15) is 22.4 Å². The van der Waals surface area contributed by atoms with E-state index in [1.807, 2.05) is 5.32 Å². The van der Waals surface area contributed by atoms with E-state index in [0.717, 1.165) is 12.1 Å². The van der Waals surface area contributed by atoms with E-state index in [4.69, 9.17) is 5.11 Å². The highest BCUT2D eigenvalue weighted by molar-refractivity contribution is 5.89. The Morgan fingerprint density at radius 2 is 2.11 bits per heavy atom. The number of hydrogen-bond donors (Lipinski definition) is 2. The molecule has 0 aliphatic heterocycles. The van der Waals surface area contributed by atoms with Crippen LogP contribution in [0.25, 0.3) is 0 Å². The lowest BCUT2D eigenvalue weighted by molar-refractivity contribution is -0.117. The lowest BCUT2D eigenvalue weighted by atomic mass is 10.2. The lowest BCUT2D eigenvalue weighted by Gasteiger charge is -2.16. The van der Waals surface area contributed by atoms with Crippen LogP contribution in [0.1, 0.15) is 16.1 Å². The number of nitrogens with one attached hydrogen (secondary N) is 1. The minimum absolute atomic E-state index is 0.0823. The Bertz CT molecular complexity index is 452. The number of carboxylic acid groups (broad SMARTS) is 1. The van der Waals surface area contributed by atoms with Gasteiger partial charge in [-0.1, -0.05) is 0 Å². The number of nitrogens with zero attached hydrogens (tertiary/aromatic N) is 1. The Balaban J connectivity index is 2.76. The minimum Gasteiger partial charge on any atom is -0.478 e. The van der Waals surface area contributed by atoms with Gasteiger partial charge in [-0.05, 0) is 19.1 Å². The molecule has 1 rings (SSSR count). The SMILES string of the molecule is Cc1nc(NCC(F)(F)C(F)F)ccc1C(=O)O. The van der Waals surface area contributed by atoms with Crippen LogP contribution in [0.3, 0.4) is 0 Å². The van der Waals surface area contributed by atoms with Crippen molar-refractivity contribution in [2.75, 3.05) is 11.9 Å². The summed E-state index contributed by atoms with van der Waals surface area (Å²) in [6, 6.07) is 2.30. The monoisotopic (exact) mass is 266 g/mol. The molecule has 1 aromatic rings. The first-order valence-electron chi connectivity index (χ1n) is 4.85. The fraction of sp³-hybridized carbons (Fsp3) is 0.400. The molecule has 0 aliphatic carbocycles. The molecule has 18 heavy (non-hydrogen) atoms. The summed E-state index contributed by atoms with van der Waals surface area (Å²) in [6.45, 7) is 0.101. The van der Waals surface area contributed by atoms with Crippen LogP contribution >= 0.6 is 0 Å². The van der Waals surface area contributed by atoms with Gasteiger partial charge in [0.2, 0.25) is 0 Å². The Kier molecular flexibility index (Phi) is 4.10. The summed E-state index contributed by atoms with van der Waals surface area (Å²) in [4.78, 5) is 14.3. The lowest BCUT2D eigenvalue weighted by Crippen LogP contribution is -2.35. The van der Waals surface area contributed by atoms with Crippen molar-refractivity contribution in [1.82, 2.24) is 4.98 Å². The molecule has 0 unspecified atom stereocenters. The van der Waals surface area contributed by atoms with Gasteiger partial charge >= 0.3 is 18.3 Å². The van der Waals surface area contributed by atoms with E-state index in [0.29, 0.717) is 0 Å². The van der Waals surface area contributed by atoms with E-state index < -0.39 is 24.9 Å². The number of carboxylic acids is 1. The average Bonchev–Trinajstić information content (AvgIpc) is 2.25. The van der Waals surface area contributed by atoms with Crippen LogP contribution in [0.5, 0.6) is 0 Å². The van der Waals surface area contributed by atoms with Crippen molar-refractivity contribution in [2.45, 2.75) is 19.3 Å². The summed E-state index contributed by atoms with van der Waals surface area (Å²) in [7, 11) is 0. The zero-order valence-electron chi connectivity index (χ0n) is 9.25. The van der Waals surface area contributed by atoms with Crippen molar-refractivity contribution < 1.29 is 27.5 Å². The van der Waals surface area contributed by atoms with Gasteiger partial charge in [-0.2, -0.15) is 8.78 Å². The van der Waals surface area contributed by atoms with Crippen LogP contribution in [-0.4, -0.2) is 35.0 Å². The highest BCUT2D eigenvalue weighted by Gasteiger charge is 2.40. The summed E-state index contributed by atoms with van der Waals surface area (Å²) in [5.74, 6) is -5.46. The maximum atomic E-state index is 12.6. The molecule has 4 nitrogen and oxygen atoms in total. The van der Waals surface area contributed by atoms with Crippen LogP contribution < -0.4 is 5.32 Å². The van der Waals surface area contributed by atoms with E-state index in [1.54, 1.807) is 0 Å². The second kappa shape index (κ2) is 5.19. The maximum Gasteiger partial charge on any atom is 0.337 e. The molecule has 1 aromatic heterocycles. The van der Waals surface area contributed by atoms with Crippen LogP contribution in [0.4, 0.5) is 23.4 Å². The van der Waals surface area contributed by atoms with Gasteiger partial charge in [-0.15, -0.1) is 0 Å². The molecule has 0 saturated heterocycles. The molecule has 8 heteroatoms. The molecule has 2 N–H and O–H groups in total. The molecular formula is C10H10F4N2O2. The van der Waals surface area contributed by atoms with Crippen LogP contribution in [0.2, 0.25) is 0 Å². The molecule has 100 valence electrons. The second-order valence-electron chi connectivity index (χ2n) is 3.55. The molecule has 0 saturated carbocycles. The largest absolute Gasteiger partial charge is 0.478 e. The van der Waals surface area contributed by atoms with Crippen molar-refractivity contribution >= 4 is 11.8 Å². The Labute approximate surface area is 99.6 Å². The van der Waals surface area contributed by atoms with Crippen molar-refractivity contribution in [3.05, 3.63) is 23.4 Å². The number of alkyl halides is 4. The predicted octanol–water partition coefficient (Wildman–Crippen LogP) is 2.40. The first-order chi connectivity index (χ1) is 8.24. The number of rotatable bonds is 5. The summed E-state index contributed by atoms with van der Waals surface area (Å²) in [6.07, 6.45) is -3.77. The van der Waals surface area contributed by atoms with E-state index in [2.05, 4.69) is 4.98 Å². The quantitative estimate of drug-likeness (QED) is 0.803. The van der Waals surface area contributed by atoms with Gasteiger partial charge in [0.1, 0.15) is 5.82 Å². The Morgan fingerprint density at radius 3 is 2.56 bits per heavy atom. The molecule has 1 heterocycles. The number of aromatic nitrogens is 1. The molecule has 0 spiro atoms. The first kappa shape index (κ1) is 14.2. The molecule has 0 bridgehead atoms. The van der Waals surface area contributed by atoms with E-state index in [-0.39, 0.29) is 17.1 Å². The molecular weight excluding hydrogens is 256 g/mol. The summed E-state index contributed by atoms with van der Waals surface area (Å²) in [5.41, 5.74) is 0.0223. The summed E-state index contributed by atoms with van der Waals surface area (Å²) >= 11 is 0. The normalized spacial score (nSPS) is 11.7. The van der Waals surface area contributed by atoms with Gasteiger partial charge in [0.05, 0.1) is 17.8 Å². The molecule has 0 amide bonds. The van der Waals surface area contributed by atoms with Gasteiger partial charge in [0, 0.05) is 0 Å². The minimum atomic E-state index is -4.17. The van der Waals surface area contributed by atoms with Crippen molar-refractivity contribution in [2.24, 2.45) is 0 Å².